The minimum atomic E-state index is -2.93. The molecule has 1 aromatic rings. The lowest BCUT2D eigenvalue weighted by molar-refractivity contribution is 0.230. The van der Waals surface area contributed by atoms with Gasteiger partial charge in [0.25, 0.3) is 5.70 Å². The maximum atomic E-state index is 13.4. The molecule has 0 aromatic heterocycles. The molecular weight excluding hydrogens is 406 g/mol. The van der Waals surface area contributed by atoms with Gasteiger partial charge in [0, 0.05) is 16.8 Å². The number of nitrogens with zero attached hydrogens (tertiary/aromatic N) is 1. The van der Waals surface area contributed by atoms with Crippen LogP contribution < -0.4 is 5.32 Å². The van der Waals surface area contributed by atoms with Gasteiger partial charge in [-0.3, -0.25) is 9.24 Å². The third kappa shape index (κ3) is 6.06. The van der Waals surface area contributed by atoms with Crippen molar-refractivity contribution >= 4 is 63.4 Å². The van der Waals surface area contributed by atoms with Gasteiger partial charge in [-0.05, 0) is 44.2 Å². The van der Waals surface area contributed by atoms with E-state index >= 15 is 0 Å². The highest BCUT2D eigenvalue weighted by Gasteiger charge is 2.37. The predicted molar refractivity (Wildman–Crippen MR) is 111 cm³/mol. The van der Waals surface area contributed by atoms with Crippen LogP contribution in [0.5, 0.6) is 0 Å². The van der Waals surface area contributed by atoms with Gasteiger partial charge < -0.3 is 5.32 Å². The smallest absolute Gasteiger partial charge is 0.306 e. The molecule has 0 saturated heterocycles. The molecule has 1 rings (SSSR count). The van der Waals surface area contributed by atoms with Gasteiger partial charge in [-0.25, -0.2) is 4.79 Å². The number of amides is 2. The number of anilines is 1. The zero-order valence-corrected chi connectivity index (χ0v) is 18.3. The topological polar surface area (TPSA) is 49.4 Å². The summed E-state index contributed by atoms with van der Waals surface area (Å²) in [6.07, 6.45) is 0.898. The minimum Gasteiger partial charge on any atom is -0.306 e. The Hall–Kier alpha value is -0.000000000000000111. The highest BCUT2D eigenvalue weighted by atomic mass is 35.5. The summed E-state index contributed by atoms with van der Waals surface area (Å²) in [5.41, 5.74) is -2.49. The minimum absolute atomic E-state index is 0.203. The van der Waals surface area contributed by atoms with E-state index in [1.807, 2.05) is 27.7 Å². The number of hydrogen-bond donors (Lipinski definition) is 1. The van der Waals surface area contributed by atoms with Gasteiger partial charge in [0.1, 0.15) is 0 Å². The molecule has 9 heteroatoms. The van der Waals surface area contributed by atoms with E-state index in [0.29, 0.717) is 21.5 Å². The molecule has 0 radical (unpaired) electrons. The number of benzene rings is 1. The number of rotatable bonds is 8. The zero-order chi connectivity index (χ0) is 18.3. The summed E-state index contributed by atoms with van der Waals surface area (Å²) in [7, 11) is 0. The van der Waals surface area contributed by atoms with Crippen LogP contribution in [0, 0.1) is 0 Å². The van der Waals surface area contributed by atoms with Crippen molar-refractivity contribution in [2.24, 2.45) is 0 Å². The van der Waals surface area contributed by atoms with Crippen LogP contribution in [0.4, 0.5) is 10.5 Å². The van der Waals surface area contributed by atoms with E-state index in [9.17, 15) is 9.36 Å². The van der Waals surface area contributed by atoms with E-state index in [1.54, 1.807) is 18.2 Å². The Morgan fingerprint density at radius 3 is 2.46 bits per heavy atom. The number of hydrogen-bond acceptors (Lipinski definition) is 4. The molecule has 24 heavy (non-hydrogen) atoms. The highest BCUT2D eigenvalue weighted by molar-refractivity contribution is 8.90. The first-order valence-corrected chi connectivity index (χ1v) is 13.3. The maximum Gasteiger partial charge on any atom is 0.328 e. The number of carbonyl (C=O) groups excluding carboxylic acids is 1. The van der Waals surface area contributed by atoms with Crippen molar-refractivity contribution < 1.29 is 9.36 Å². The molecule has 136 valence electrons. The van der Waals surface area contributed by atoms with Crippen molar-refractivity contribution in [1.29, 1.82) is 0 Å². The largest absolute Gasteiger partial charge is 0.328 e. The first-order valence-electron chi connectivity index (χ1n) is 7.70. The number of nitrogens with one attached hydrogen (secondary N) is 1. The van der Waals surface area contributed by atoms with Gasteiger partial charge in [-0.1, -0.05) is 59.8 Å². The van der Waals surface area contributed by atoms with Gasteiger partial charge in [0.15, 0.2) is 0 Å². The van der Waals surface area contributed by atoms with E-state index in [-0.39, 0.29) is 6.04 Å². The Balaban J connectivity index is 3.08. The Kier molecular flexibility index (Phi) is 9.39. The summed E-state index contributed by atoms with van der Waals surface area (Å²) in [5.74, 6) is 1.41. The molecule has 1 aromatic carbocycles. The molecule has 1 N–H and O–H groups in total. The summed E-state index contributed by atoms with van der Waals surface area (Å²) in [6, 6.07) is 4.23. The first kappa shape index (κ1) is 22.0. The molecule has 0 aliphatic carbocycles. The van der Waals surface area contributed by atoms with Crippen molar-refractivity contribution in [2.75, 3.05) is 16.8 Å². The van der Waals surface area contributed by atoms with Gasteiger partial charge in [-0.15, -0.1) is 0 Å². The molecule has 0 spiro atoms. The number of carbonyl (C=O) groups is 1. The Morgan fingerprint density at radius 1 is 1.29 bits per heavy atom. The molecule has 0 saturated carbocycles. The van der Waals surface area contributed by atoms with Gasteiger partial charge in [-0.2, -0.15) is 0 Å². The van der Waals surface area contributed by atoms with E-state index in [1.165, 1.54) is 27.4 Å². The van der Waals surface area contributed by atoms with Crippen LogP contribution in [0.15, 0.2) is 18.2 Å². The van der Waals surface area contributed by atoms with Crippen LogP contribution >= 0.6 is 51.7 Å². The second kappa shape index (κ2) is 10.2. The fourth-order valence-corrected chi connectivity index (χ4v) is 11.3. The van der Waals surface area contributed by atoms with Crippen molar-refractivity contribution in [2.45, 2.75) is 40.2 Å². The molecule has 0 heterocycles. The van der Waals surface area contributed by atoms with Crippen LogP contribution in [-0.4, -0.2) is 28.2 Å². The third-order valence-electron chi connectivity index (χ3n) is 2.88. The normalized spacial score (nSPS) is 13.6. The van der Waals surface area contributed by atoms with Crippen molar-refractivity contribution in [1.82, 2.24) is 4.67 Å². The van der Waals surface area contributed by atoms with Crippen LogP contribution in [-0.2, 0) is 4.57 Å². The summed E-state index contributed by atoms with van der Waals surface area (Å²) in [6.45, 7) is 7.69. The quantitative estimate of drug-likeness (QED) is 0.443. The Morgan fingerprint density at radius 2 is 1.96 bits per heavy atom. The monoisotopic (exact) mass is 428 g/mol. The maximum absolute atomic E-state index is 13.4. The average Bonchev–Trinajstić information content (AvgIpc) is 2.48. The molecule has 1 unspecified atom stereocenters. The molecule has 0 aliphatic rings. The summed E-state index contributed by atoms with van der Waals surface area (Å²) >= 11 is 14.7. The molecule has 1 atom stereocenters. The molecular formula is C15H23Cl2N2O2PS2. The Bertz CT molecular complexity index is 617. The van der Waals surface area contributed by atoms with Crippen LogP contribution in [0.3, 0.4) is 0 Å². The standard InChI is InChI=1S/C15H23Cl2N2O2PS2/c1-5-9-24-22(21,23-6-2)19(11(3)4)15(20)18-14-8-7-12(16)10-13(14)17/h7-8,10-11H,5-6,9H2,1-4H3,(H,18,20). The number of urea groups is 1. The Labute approximate surface area is 162 Å². The lowest BCUT2D eigenvalue weighted by atomic mass is 10.3. The lowest BCUT2D eigenvalue weighted by Gasteiger charge is -2.33. The fourth-order valence-electron chi connectivity index (χ4n) is 1.92. The fraction of sp³-hybridized carbons (Fsp3) is 0.533. The van der Waals surface area contributed by atoms with Crippen molar-refractivity contribution in [3.05, 3.63) is 28.2 Å². The third-order valence-corrected chi connectivity index (χ3v) is 12.3. The van der Waals surface area contributed by atoms with E-state index in [4.69, 9.17) is 23.2 Å². The van der Waals surface area contributed by atoms with E-state index in [2.05, 4.69) is 5.32 Å². The lowest BCUT2D eigenvalue weighted by Crippen LogP contribution is -2.36. The van der Waals surface area contributed by atoms with Crippen molar-refractivity contribution in [3.8, 4) is 0 Å². The summed E-state index contributed by atoms with van der Waals surface area (Å²) < 4.78 is 14.9. The van der Waals surface area contributed by atoms with Crippen LogP contribution in [0.25, 0.3) is 0 Å². The first-order chi connectivity index (χ1) is 11.2. The molecule has 2 amide bonds. The average molecular weight is 429 g/mol. The SMILES string of the molecule is CCCSP(=O)(SCC)N(C(=O)Nc1ccc(Cl)cc1Cl)C(C)C. The molecule has 4 nitrogen and oxygen atoms in total. The second-order valence-electron chi connectivity index (χ2n) is 5.21. The zero-order valence-electron chi connectivity index (χ0n) is 14.2. The predicted octanol–water partition coefficient (Wildman–Crippen LogP) is 7.24. The number of halogens is 2. The van der Waals surface area contributed by atoms with Crippen LogP contribution in [0.1, 0.15) is 34.1 Å². The van der Waals surface area contributed by atoms with Gasteiger partial charge >= 0.3 is 6.03 Å². The summed E-state index contributed by atoms with van der Waals surface area (Å²) in [4.78, 5) is 12.8. The molecule has 0 bridgehead atoms. The van der Waals surface area contributed by atoms with E-state index < -0.39 is 11.7 Å². The molecule has 0 fully saturated rings. The van der Waals surface area contributed by atoms with E-state index in [0.717, 1.165) is 12.2 Å². The van der Waals surface area contributed by atoms with Crippen molar-refractivity contribution in [3.63, 3.8) is 0 Å². The van der Waals surface area contributed by atoms with Gasteiger partial charge in [0.2, 0.25) is 0 Å². The summed E-state index contributed by atoms with van der Waals surface area (Å²) in [5, 5.41) is 3.59. The van der Waals surface area contributed by atoms with Gasteiger partial charge in [0.05, 0.1) is 10.7 Å². The second-order valence-corrected chi connectivity index (χ2v) is 14.1. The highest BCUT2D eigenvalue weighted by Crippen LogP contribution is 2.72. The van der Waals surface area contributed by atoms with Crippen LogP contribution in [0.2, 0.25) is 10.0 Å². The molecule has 0 aliphatic heterocycles.